The summed E-state index contributed by atoms with van der Waals surface area (Å²) in [5.41, 5.74) is 15.7. The van der Waals surface area contributed by atoms with Gasteiger partial charge in [-0.15, -0.1) is 0 Å². The minimum Gasteiger partial charge on any atom is -0.455 e. The van der Waals surface area contributed by atoms with Crippen LogP contribution < -0.4 is 4.90 Å². The Hall–Kier alpha value is -8.14. The third kappa shape index (κ3) is 5.82. The number of rotatable bonds is 7. The van der Waals surface area contributed by atoms with Gasteiger partial charge in [0.1, 0.15) is 22.3 Å². The second-order valence-electron chi connectivity index (χ2n) is 15.6. The van der Waals surface area contributed by atoms with Crippen LogP contribution in [0, 0.1) is 0 Å². The van der Waals surface area contributed by atoms with Crippen molar-refractivity contribution in [2.75, 3.05) is 4.90 Å². The maximum absolute atomic E-state index is 6.92. The lowest BCUT2D eigenvalue weighted by molar-refractivity contribution is 0.670. The first-order valence-electron chi connectivity index (χ1n) is 20.7. The third-order valence-electron chi connectivity index (χ3n) is 12.1. The van der Waals surface area contributed by atoms with Crippen LogP contribution >= 0.6 is 0 Å². The van der Waals surface area contributed by atoms with Gasteiger partial charge in [0.15, 0.2) is 0 Å². The summed E-state index contributed by atoms with van der Waals surface area (Å²) in [6, 6.07) is 79.8. The Morgan fingerprint density at radius 3 is 1.51 bits per heavy atom. The highest BCUT2D eigenvalue weighted by Crippen LogP contribution is 2.49. The van der Waals surface area contributed by atoms with Gasteiger partial charge in [-0.25, -0.2) is 0 Å². The number of hydrogen-bond donors (Lipinski definition) is 0. The first-order chi connectivity index (χ1) is 30.3. The molecule has 0 bridgehead atoms. The Kier molecular flexibility index (Phi) is 8.17. The number of fused-ring (bicyclic) bond motifs is 8. The van der Waals surface area contributed by atoms with Crippen LogP contribution in [-0.4, -0.2) is 0 Å². The second kappa shape index (κ2) is 14.3. The number of anilines is 3. The standard InChI is InChI=1S/C58H37NO2/c1-4-15-38(16-5-1)39-27-31-43(32-28-39)59(44-33-29-41(30-34-44)45-24-14-25-49-47-22-12-13-26-53(47)60-57(45)49)52-35-36-54-56(55(52)42-19-8-3-9-20-42)51-37-50(40-17-6-2-7-18-40)46-21-10-11-23-48(46)58(51)61-54/h1-37H. The molecular formula is C58H37NO2. The van der Waals surface area contributed by atoms with Crippen molar-refractivity contribution in [1.29, 1.82) is 0 Å². The highest BCUT2D eigenvalue weighted by molar-refractivity contribution is 6.24. The van der Waals surface area contributed by atoms with E-state index >= 15 is 0 Å². The van der Waals surface area contributed by atoms with E-state index in [9.17, 15) is 0 Å². The lowest BCUT2D eigenvalue weighted by Crippen LogP contribution is -2.11. The van der Waals surface area contributed by atoms with Crippen molar-refractivity contribution < 1.29 is 8.83 Å². The molecule has 61 heavy (non-hydrogen) atoms. The monoisotopic (exact) mass is 779 g/mol. The Morgan fingerprint density at radius 1 is 0.295 bits per heavy atom. The number of para-hydroxylation sites is 2. The minimum atomic E-state index is 0.849. The molecular weight excluding hydrogens is 743 g/mol. The van der Waals surface area contributed by atoms with Crippen LogP contribution in [0.4, 0.5) is 17.1 Å². The van der Waals surface area contributed by atoms with Crippen LogP contribution in [0.3, 0.4) is 0 Å². The summed E-state index contributed by atoms with van der Waals surface area (Å²) in [6.45, 7) is 0. The smallest absolute Gasteiger partial charge is 0.143 e. The summed E-state index contributed by atoms with van der Waals surface area (Å²) in [7, 11) is 0. The maximum atomic E-state index is 6.92. The molecule has 10 aromatic carbocycles. The second-order valence-corrected chi connectivity index (χ2v) is 15.6. The van der Waals surface area contributed by atoms with Crippen molar-refractivity contribution in [2.24, 2.45) is 0 Å². The van der Waals surface area contributed by atoms with E-state index < -0.39 is 0 Å². The predicted molar refractivity (Wildman–Crippen MR) is 255 cm³/mol. The van der Waals surface area contributed by atoms with Crippen molar-refractivity contribution in [3.05, 3.63) is 224 Å². The molecule has 0 saturated heterocycles. The molecule has 3 heteroatoms. The molecule has 0 atom stereocenters. The van der Waals surface area contributed by atoms with Gasteiger partial charge in [0.05, 0.1) is 5.69 Å². The van der Waals surface area contributed by atoms with E-state index in [0.29, 0.717) is 0 Å². The Bertz CT molecular complexity index is 3550. The molecule has 2 heterocycles. The van der Waals surface area contributed by atoms with Crippen LogP contribution in [-0.2, 0) is 0 Å². The highest BCUT2D eigenvalue weighted by Gasteiger charge is 2.25. The van der Waals surface area contributed by atoms with Crippen molar-refractivity contribution in [3.8, 4) is 44.5 Å². The third-order valence-corrected chi connectivity index (χ3v) is 12.1. The summed E-state index contributed by atoms with van der Waals surface area (Å²) in [5.74, 6) is 0. The molecule has 0 aliphatic carbocycles. The maximum Gasteiger partial charge on any atom is 0.143 e. The van der Waals surface area contributed by atoms with E-state index in [0.717, 1.165) is 88.6 Å². The van der Waals surface area contributed by atoms with Gasteiger partial charge in [0.2, 0.25) is 0 Å². The van der Waals surface area contributed by atoms with Gasteiger partial charge in [-0.2, -0.15) is 0 Å². The minimum absolute atomic E-state index is 0.849. The van der Waals surface area contributed by atoms with E-state index in [2.05, 4.69) is 217 Å². The van der Waals surface area contributed by atoms with Gasteiger partial charge in [-0.1, -0.05) is 176 Å². The number of nitrogens with zero attached hydrogens (tertiary/aromatic N) is 1. The molecule has 0 amide bonds. The van der Waals surface area contributed by atoms with Gasteiger partial charge >= 0.3 is 0 Å². The fourth-order valence-corrected chi connectivity index (χ4v) is 9.24. The van der Waals surface area contributed by atoms with Gasteiger partial charge in [0, 0.05) is 49.4 Å². The summed E-state index contributed by atoms with van der Waals surface area (Å²) in [6.07, 6.45) is 0. The molecule has 0 saturated carbocycles. The molecule has 0 aliphatic heterocycles. The molecule has 2 aromatic heterocycles. The Labute approximate surface area is 353 Å². The molecule has 3 nitrogen and oxygen atoms in total. The first kappa shape index (κ1) is 34.9. The van der Waals surface area contributed by atoms with Crippen LogP contribution in [0.2, 0.25) is 0 Å². The summed E-state index contributed by atoms with van der Waals surface area (Å²) in [5, 5.41) is 6.68. The lowest BCUT2D eigenvalue weighted by atomic mass is 9.92. The fraction of sp³-hybridized carbons (Fsp3) is 0. The quantitative estimate of drug-likeness (QED) is 0.161. The van der Waals surface area contributed by atoms with E-state index in [4.69, 9.17) is 8.83 Å². The summed E-state index contributed by atoms with van der Waals surface area (Å²) in [4.78, 5) is 2.39. The molecule has 12 aromatic rings. The first-order valence-corrected chi connectivity index (χ1v) is 20.7. The van der Waals surface area contributed by atoms with Crippen LogP contribution in [0.25, 0.3) is 99.2 Å². The predicted octanol–water partition coefficient (Wildman–Crippen LogP) is 16.8. The molecule has 0 unspecified atom stereocenters. The van der Waals surface area contributed by atoms with Crippen molar-refractivity contribution >= 4 is 71.7 Å². The van der Waals surface area contributed by atoms with Gasteiger partial charge in [-0.05, 0) is 87.3 Å². The zero-order chi connectivity index (χ0) is 40.3. The molecule has 0 N–H and O–H groups in total. The fourth-order valence-electron chi connectivity index (χ4n) is 9.24. The van der Waals surface area contributed by atoms with Crippen LogP contribution in [0.5, 0.6) is 0 Å². The highest BCUT2D eigenvalue weighted by atomic mass is 16.3. The molecule has 0 aliphatic rings. The van der Waals surface area contributed by atoms with Crippen LogP contribution in [0.1, 0.15) is 0 Å². The largest absolute Gasteiger partial charge is 0.455 e. The van der Waals surface area contributed by atoms with E-state index in [1.165, 1.54) is 27.6 Å². The number of hydrogen-bond acceptors (Lipinski definition) is 3. The average Bonchev–Trinajstić information content (AvgIpc) is 3.92. The van der Waals surface area contributed by atoms with Crippen molar-refractivity contribution in [2.45, 2.75) is 0 Å². The molecule has 286 valence electrons. The lowest BCUT2D eigenvalue weighted by Gasteiger charge is -2.28. The van der Waals surface area contributed by atoms with E-state index in [-0.39, 0.29) is 0 Å². The SMILES string of the molecule is c1ccc(-c2ccc(N(c3ccc(-c4cccc5c4oc4ccccc45)cc3)c3ccc4oc5c6ccccc6c(-c6ccccc6)cc5c4c3-c3ccccc3)cc2)cc1. The topological polar surface area (TPSA) is 29.5 Å². The molecule has 12 rings (SSSR count). The van der Waals surface area contributed by atoms with Gasteiger partial charge in [0.25, 0.3) is 0 Å². The molecule has 0 spiro atoms. The molecule has 0 radical (unpaired) electrons. The van der Waals surface area contributed by atoms with E-state index in [1.807, 2.05) is 12.1 Å². The van der Waals surface area contributed by atoms with Crippen LogP contribution in [0.15, 0.2) is 233 Å². The Balaban J connectivity index is 1.10. The summed E-state index contributed by atoms with van der Waals surface area (Å²) >= 11 is 0. The average molecular weight is 780 g/mol. The van der Waals surface area contributed by atoms with Gasteiger partial charge < -0.3 is 13.7 Å². The van der Waals surface area contributed by atoms with Crippen molar-refractivity contribution in [1.82, 2.24) is 0 Å². The number of benzene rings is 10. The van der Waals surface area contributed by atoms with Crippen molar-refractivity contribution in [3.63, 3.8) is 0 Å². The van der Waals surface area contributed by atoms with Gasteiger partial charge in [-0.3, -0.25) is 0 Å². The molecule has 0 fully saturated rings. The zero-order valence-corrected chi connectivity index (χ0v) is 33.1. The Morgan fingerprint density at radius 2 is 0.803 bits per heavy atom. The summed E-state index contributed by atoms with van der Waals surface area (Å²) < 4.78 is 13.4. The van der Waals surface area contributed by atoms with E-state index in [1.54, 1.807) is 0 Å². The normalized spacial score (nSPS) is 11.6. The zero-order valence-electron chi connectivity index (χ0n) is 33.1. The number of furan rings is 2.